The summed E-state index contributed by atoms with van der Waals surface area (Å²) in [4.78, 5) is 3.74. The van der Waals surface area contributed by atoms with Gasteiger partial charge < -0.3 is 0 Å². The molecule has 4 heteroatoms. The van der Waals surface area contributed by atoms with Crippen molar-refractivity contribution in [2.24, 2.45) is 4.99 Å². The maximum atomic E-state index is 10.6. The van der Waals surface area contributed by atoms with Gasteiger partial charge in [0.2, 0.25) is 0 Å². The predicted molar refractivity (Wildman–Crippen MR) is 46.9 cm³/mol. The summed E-state index contributed by atoms with van der Waals surface area (Å²) in [6, 6.07) is 0. The normalized spacial score (nSPS) is 10.6. The summed E-state index contributed by atoms with van der Waals surface area (Å²) in [7, 11) is -2.79. The molecule has 0 spiro atoms. The Kier molecular flexibility index (Phi) is 4.83. The first-order valence-electron chi connectivity index (χ1n) is 3.42. The smallest absolute Gasteiger partial charge is 0.147 e. The van der Waals surface area contributed by atoms with Crippen LogP contribution in [0.1, 0.15) is 12.8 Å². The van der Waals surface area contributed by atoms with Crippen LogP contribution in [0.3, 0.4) is 0 Å². The van der Waals surface area contributed by atoms with Crippen molar-refractivity contribution >= 4 is 15.7 Å². The van der Waals surface area contributed by atoms with Crippen molar-refractivity contribution in [2.45, 2.75) is 12.8 Å². The Morgan fingerprint density at radius 3 is 2.55 bits per heavy atom. The zero-order valence-electron chi connectivity index (χ0n) is 6.71. The molecule has 3 nitrogen and oxygen atoms in total. The molecule has 0 heterocycles. The molecule has 0 atom stereocenters. The molecule has 0 aromatic carbocycles. The highest BCUT2D eigenvalue weighted by atomic mass is 32.2. The van der Waals surface area contributed by atoms with E-state index < -0.39 is 9.84 Å². The van der Waals surface area contributed by atoms with E-state index in [0.717, 1.165) is 6.42 Å². The SMILES string of the molecule is C=C=NCCCCS(C)(=O)=O. The van der Waals surface area contributed by atoms with Crippen LogP contribution in [-0.2, 0) is 9.84 Å². The van der Waals surface area contributed by atoms with Gasteiger partial charge in [-0.25, -0.2) is 13.4 Å². The molecule has 0 aliphatic heterocycles. The van der Waals surface area contributed by atoms with Crippen LogP contribution in [0.15, 0.2) is 11.6 Å². The fourth-order valence-corrected chi connectivity index (χ4v) is 1.36. The van der Waals surface area contributed by atoms with Gasteiger partial charge >= 0.3 is 0 Å². The average molecular weight is 175 g/mol. The second-order valence-corrected chi connectivity index (χ2v) is 4.64. The Balaban J connectivity index is 3.36. The van der Waals surface area contributed by atoms with Crippen molar-refractivity contribution in [3.05, 3.63) is 6.58 Å². The highest BCUT2D eigenvalue weighted by molar-refractivity contribution is 7.90. The maximum absolute atomic E-state index is 10.6. The zero-order valence-corrected chi connectivity index (χ0v) is 7.52. The van der Waals surface area contributed by atoms with E-state index in [1.165, 1.54) is 6.26 Å². The Morgan fingerprint density at radius 1 is 1.45 bits per heavy atom. The monoisotopic (exact) mass is 175 g/mol. The fourth-order valence-electron chi connectivity index (χ4n) is 0.634. The minimum atomic E-state index is -2.79. The van der Waals surface area contributed by atoms with Gasteiger partial charge in [0.15, 0.2) is 0 Å². The molecule has 0 amide bonds. The number of nitrogens with zero attached hydrogens (tertiary/aromatic N) is 1. The third kappa shape index (κ3) is 9.40. The molecule has 0 fully saturated rings. The first kappa shape index (κ1) is 10.4. The van der Waals surface area contributed by atoms with Crippen molar-refractivity contribution in [3.63, 3.8) is 0 Å². The van der Waals surface area contributed by atoms with Crippen LogP contribution >= 0.6 is 0 Å². The van der Waals surface area contributed by atoms with E-state index in [9.17, 15) is 8.42 Å². The average Bonchev–Trinajstić information content (AvgIpc) is 1.85. The Bertz CT molecular complexity index is 237. The second-order valence-electron chi connectivity index (χ2n) is 2.38. The largest absolute Gasteiger partial charge is 0.244 e. The molecule has 11 heavy (non-hydrogen) atoms. The van der Waals surface area contributed by atoms with Crippen LogP contribution in [0.25, 0.3) is 0 Å². The van der Waals surface area contributed by atoms with Gasteiger partial charge in [0.25, 0.3) is 0 Å². The van der Waals surface area contributed by atoms with Gasteiger partial charge in [0, 0.05) is 18.6 Å². The minimum Gasteiger partial charge on any atom is -0.244 e. The predicted octanol–water partition coefficient (Wildman–Crippen LogP) is 0.667. The lowest BCUT2D eigenvalue weighted by atomic mass is 10.3. The number of hydrogen-bond donors (Lipinski definition) is 0. The van der Waals surface area contributed by atoms with E-state index in [1.54, 1.807) is 0 Å². The lowest BCUT2D eigenvalue weighted by Crippen LogP contribution is -2.02. The third-order valence-electron chi connectivity index (χ3n) is 1.15. The van der Waals surface area contributed by atoms with Crippen molar-refractivity contribution in [1.82, 2.24) is 0 Å². The number of hydrogen-bond acceptors (Lipinski definition) is 3. The van der Waals surface area contributed by atoms with Crippen molar-refractivity contribution in [1.29, 1.82) is 0 Å². The zero-order chi connectivity index (χ0) is 8.74. The van der Waals surface area contributed by atoms with Crippen molar-refractivity contribution in [2.75, 3.05) is 18.6 Å². The van der Waals surface area contributed by atoms with Crippen LogP contribution in [0.5, 0.6) is 0 Å². The van der Waals surface area contributed by atoms with Crippen LogP contribution in [0.2, 0.25) is 0 Å². The van der Waals surface area contributed by atoms with Crippen LogP contribution in [0.4, 0.5) is 0 Å². The molecule has 0 saturated heterocycles. The molecule has 64 valence electrons. The molecule has 0 aliphatic carbocycles. The third-order valence-corrected chi connectivity index (χ3v) is 2.18. The van der Waals surface area contributed by atoms with Gasteiger partial charge in [0.1, 0.15) is 9.84 Å². The standard InChI is InChI=1S/C7H13NO2S/c1-3-8-6-4-5-7-11(2,9)10/h1,4-7H2,2H3. The fraction of sp³-hybridized carbons (Fsp3) is 0.714. The van der Waals surface area contributed by atoms with Gasteiger partial charge in [-0.2, -0.15) is 0 Å². The first-order chi connectivity index (χ1) is 5.06. The maximum Gasteiger partial charge on any atom is 0.147 e. The molecule has 0 aromatic heterocycles. The molecule has 0 saturated carbocycles. The van der Waals surface area contributed by atoms with Gasteiger partial charge in [-0.3, -0.25) is 0 Å². The van der Waals surface area contributed by atoms with Gasteiger partial charge in [0.05, 0.1) is 0 Å². The molecule has 0 radical (unpaired) electrons. The molecule has 0 bridgehead atoms. The van der Waals surface area contributed by atoms with Gasteiger partial charge in [-0.15, -0.1) is 0 Å². The molecule has 0 aliphatic rings. The van der Waals surface area contributed by atoms with Gasteiger partial charge in [-0.05, 0) is 25.3 Å². The van der Waals surface area contributed by atoms with E-state index in [2.05, 4.69) is 17.4 Å². The van der Waals surface area contributed by atoms with E-state index in [1.807, 2.05) is 0 Å². The second kappa shape index (κ2) is 5.10. The summed E-state index contributed by atoms with van der Waals surface area (Å²) in [6.07, 6.45) is 2.70. The van der Waals surface area contributed by atoms with E-state index in [0.29, 0.717) is 13.0 Å². The highest BCUT2D eigenvalue weighted by Crippen LogP contribution is 1.93. The summed E-state index contributed by atoms with van der Waals surface area (Å²) in [5, 5.41) is 0. The Labute approximate surface area is 67.8 Å². The van der Waals surface area contributed by atoms with Crippen molar-refractivity contribution < 1.29 is 8.42 Å². The van der Waals surface area contributed by atoms with Crippen molar-refractivity contribution in [3.8, 4) is 0 Å². The number of unbranched alkanes of at least 4 members (excludes halogenated alkanes) is 1. The Morgan fingerprint density at radius 2 is 2.09 bits per heavy atom. The number of aliphatic imine (C=N–C) groups is 1. The molecular formula is C7H13NO2S. The molecule has 0 unspecified atom stereocenters. The molecular weight excluding hydrogens is 162 g/mol. The topological polar surface area (TPSA) is 46.5 Å². The summed E-state index contributed by atoms with van der Waals surface area (Å²) >= 11 is 0. The quantitative estimate of drug-likeness (QED) is 0.455. The van der Waals surface area contributed by atoms with Crippen LogP contribution in [-0.4, -0.2) is 32.8 Å². The molecule has 0 rings (SSSR count). The summed E-state index contributed by atoms with van der Waals surface area (Å²) < 4.78 is 21.2. The highest BCUT2D eigenvalue weighted by Gasteiger charge is 1.99. The van der Waals surface area contributed by atoms with E-state index >= 15 is 0 Å². The summed E-state index contributed by atoms with van der Waals surface area (Å²) in [5.41, 5.74) is 0. The number of rotatable bonds is 5. The van der Waals surface area contributed by atoms with Crippen LogP contribution < -0.4 is 0 Å². The van der Waals surface area contributed by atoms with Gasteiger partial charge in [-0.1, -0.05) is 0 Å². The molecule has 0 N–H and O–H groups in total. The first-order valence-corrected chi connectivity index (χ1v) is 5.48. The van der Waals surface area contributed by atoms with E-state index in [-0.39, 0.29) is 5.75 Å². The lowest BCUT2D eigenvalue weighted by Gasteiger charge is -1.94. The lowest BCUT2D eigenvalue weighted by molar-refractivity contribution is 0.597. The minimum absolute atomic E-state index is 0.250. The summed E-state index contributed by atoms with van der Waals surface area (Å²) in [5.74, 6) is 2.64. The summed E-state index contributed by atoms with van der Waals surface area (Å²) in [6.45, 7) is 3.92. The Hall–Kier alpha value is -0.600. The number of sulfone groups is 1. The van der Waals surface area contributed by atoms with Crippen LogP contribution in [0, 0.1) is 0 Å². The van der Waals surface area contributed by atoms with E-state index in [4.69, 9.17) is 0 Å². The molecule has 0 aromatic rings.